The highest BCUT2D eigenvalue weighted by Gasteiger charge is 2.18. The normalized spacial score (nSPS) is 10.7. The molecule has 0 saturated carbocycles. The predicted molar refractivity (Wildman–Crippen MR) is 127 cm³/mol. The van der Waals surface area contributed by atoms with E-state index >= 15 is 0 Å². The van der Waals surface area contributed by atoms with Gasteiger partial charge in [0.25, 0.3) is 0 Å². The van der Waals surface area contributed by atoms with Gasteiger partial charge in [-0.25, -0.2) is 4.68 Å². The molecule has 33 heavy (non-hydrogen) atoms. The van der Waals surface area contributed by atoms with E-state index in [0.717, 1.165) is 28.1 Å². The van der Waals surface area contributed by atoms with Gasteiger partial charge in [0.15, 0.2) is 0 Å². The zero-order valence-corrected chi connectivity index (χ0v) is 17.7. The number of carbonyl (C=O) groups excluding carboxylic acids is 1. The van der Waals surface area contributed by atoms with Gasteiger partial charge in [0.05, 0.1) is 23.3 Å². The minimum Gasteiger partial charge on any atom is -0.323 e. The Hall–Kier alpha value is -4.65. The first-order valence-corrected chi connectivity index (χ1v) is 10.5. The molecule has 1 N–H and O–H groups in total. The maximum absolute atomic E-state index is 12.8. The SMILES string of the molecule is O=C(Cn1nnc(-c2ccncc2)c1-c1ccccc1)Nc1ccc(-c2ccccc2)nc1. The lowest BCUT2D eigenvalue weighted by Gasteiger charge is -2.10. The van der Waals surface area contributed by atoms with Crippen LogP contribution in [0, 0.1) is 0 Å². The van der Waals surface area contributed by atoms with Gasteiger partial charge < -0.3 is 5.32 Å². The lowest BCUT2D eigenvalue weighted by molar-refractivity contribution is -0.116. The van der Waals surface area contributed by atoms with Crippen LogP contribution in [-0.4, -0.2) is 30.9 Å². The number of nitrogens with zero attached hydrogens (tertiary/aromatic N) is 5. The zero-order valence-electron chi connectivity index (χ0n) is 17.7. The number of anilines is 1. The number of carbonyl (C=O) groups is 1. The second-order valence-electron chi connectivity index (χ2n) is 7.39. The van der Waals surface area contributed by atoms with Crippen molar-refractivity contribution in [1.82, 2.24) is 25.0 Å². The summed E-state index contributed by atoms with van der Waals surface area (Å²) in [7, 11) is 0. The van der Waals surface area contributed by atoms with Crippen molar-refractivity contribution in [3.63, 3.8) is 0 Å². The minimum atomic E-state index is -0.215. The van der Waals surface area contributed by atoms with E-state index in [1.165, 1.54) is 0 Å². The van der Waals surface area contributed by atoms with Gasteiger partial charge in [0.1, 0.15) is 12.2 Å². The topological polar surface area (TPSA) is 85.6 Å². The highest BCUT2D eigenvalue weighted by Crippen LogP contribution is 2.29. The van der Waals surface area contributed by atoms with Crippen LogP contribution in [0.1, 0.15) is 0 Å². The van der Waals surface area contributed by atoms with Crippen molar-refractivity contribution in [2.24, 2.45) is 0 Å². The molecule has 5 rings (SSSR count). The Labute approximate surface area is 190 Å². The molecule has 3 aromatic heterocycles. The van der Waals surface area contributed by atoms with Crippen molar-refractivity contribution in [2.75, 3.05) is 5.32 Å². The number of nitrogens with one attached hydrogen (secondary N) is 1. The molecule has 7 nitrogen and oxygen atoms in total. The molecule has 0 atom stereocenters. The summed E-state index contributed by atoms with van der Waals surface area (Å²) in [6, 6.07) is 27.2. The molecule has 7 heteroatoms. The lowest BCUT2D eigenvalue weighted by atomic mass is 10.1. The van der Waals surface area contributed by atoms with Crippen molar-refractivity contribution in [2.45, 2.75) is 6.54 Å². The standard InChI is InChI=1S/C26H20N6O/c33-24(29-22-11-12-23(28-17-22)19-7-3-1-4-8-19)18-32-26(21-9-5-2-6-10-21)25(30-31-32)20-13-15-27-16-14-20/h1-17H,18H2,(H,29,33). The summed E-state index contributed by atoms with van der Waals surface area (Å²) in [4.78, 5) is 21.4. The van der Waals surface area contributed by atoms with E-state index in [2.05, 4.69) is 25.6 Å². The van der Waals surface area contributed by atoms with Crippen LogP contribution >= 0.6 is 0 Å². The first kappa shape index (κ1) is 20.3. The average Bonchev–Trinajstić information content (AvgIpc) is 3.29. The quantitative estimate of drug-likeness (QED) is 0.420. The summed E-state index contributed by atoms with van der Waals surface area (Å²) in [5.41, 5.74) is 5.77. The smallest absolute Gasteiger partial charge is 0.246 e. The maximum atomic E-state index is 12.8. The summed E-state index contributed by atoms with van der Waals surface area (Å²) >= 11 is 0. The Morgan fingerprint density at radius 3 is 2.15 bits per heavy atom. The highest BCUT2D eigenvalue weighted by molar-refractivity contribution is 5.91. The third-order valence-corrected chi connectivity index (χ3v) is 5.15. The van der Waals surface area contributed by atoms with E-state index in [0.29, 0.717) is 11.4 Å². The average molecular weight is 432 g/mol. The fourth-order valence-corrected chi connectivity index (χ4v) is 3.59. The molecular formula is C26H20N6O. The molecule has 1 amide bonds. The first-order chi connectivity index (χ1) is 16.3. The van der Waals surface area contributed by atoms with Gasteiger partial charge in [-0.1, -0.05) is 65.9 Å². The van der Waals surface area contributed by atoms with Crippen LogP contribution in [0.25, 0.3) is 33.8 Å². The van der Waals surface area contributed by atoms with E-state index in [-0.39, 0.29) is 12.5 Å². The number of amides is 1. The maximum Gasteiger partial charge on any atom is 0.246 e. The summed E-state index contributed by atoms with van der Waals surface area (Å²) < 4.78 is 1.62. The number of rotatable bonds is 6. The molecule has 0 aliphatic carbocycles. The number of pyridine rings is 2. The van der Waals surface area contributed by atoms with Crippen LogP contribution in [-0.2, 0) is 11.3 Å². The second-order valence-corrected chi connectivity index (χ2v) is 7.39. The summed E-state index contributed by atoms with van der Waals surface area (Å²) in [5, 5.41) is 11.5. The molecular weight excluding hydrogens is 412 g/mol. The molecule has 5 aromatic rings. The van der Waals surface area contributed by atoms with Gasteiger partial charge in [-0.3, -0.25) is 14.8 Å². The molecule has 0 fully saturated rings. The van der Waals surface area contributed by atoms with Crippen molar-refractivity contribution < 1.29 is 4.79 Å². The van der Waals surface area contributed by atoms with E-state index < -0.39 is 0 Å². The van der Waals surface area contributed by atoms with Gasteiger partial charge in [0, 0.05) is 29.1 Å². The molecule has 2 aromatic carbocycles. The monoisotopic (exact) mass is 432 g/mol. The summed E-state index contributed by atoms with van der Waals surface area (Å²) in [5.74, 6) is -0.215. The predicted octanol–water partition coefficient (Wildman–Crippen LogP) is 4.71. The second kappa shape index (κ2) is 9.23. The van der Waals surface area contributed by atoms with Crippen LogP contribution in [0.15, 0.2) is 104 Å². The van der Waals surface area contributed by atoms with Crippen LogP contribution < -0.4 is 5.32 Å². The van der Waals surface area contributed by atoms with Crippen molar-refractivity contribution >= 4 is 11.6 Å². The molecule has 3 heterocycles. The molecule has 0 aliphatic heterocycles. The summed E-state index contributed by atoms with van der Waals surface area (Å²) in [6.07, 6.45) is 5.08. The minimum absolute atomic E-state index is 0.0166. The molecule has 0 spiro atoms. The molecule has 0 aliphatic rings. The summed E-state index contributed by atoms with van der Waals surface area (Å²) in [6.45, 7) is 0.0166. The zero-order chi connectivity index (χ0) is 22.5. The van der Waals surface area contributed by atoms with Crippen molar-refractivity contribution in [3.8, 4) is 33.8 Å². The number of hydrogen-bond donors (Lipinski definition) is 1. The Bertz CT molecular complexity index is 1350. The van der Waals surface area contributed by atoms with E-state index in [1.54, 1.807) is 23.3 Å². The molecule has 0 bridgehead atoms. The first-order valence-electron chi connectivity index (χ1n) is 10.5. The number of benzene rings is 2. The lowest BCUT2D eigenvalue weighted by Crippen LogP contribution is -2.20. The Balaban J connectivity index is 1.38. The number of aromatic nitrogens is 5. The Morgan fingerprint density at radius 2 is 1.48 bits per heavy atom. The fraction of sp³-hybridized carbons (Fsp3) is 0.0385. The third kappa shape index (κ3) is 4.52. The molecule has 160 valence electrons. The van der Waals surface area contributed by atoms with E-state index in [9.17, 15) is 4.79 Å². The van der Waals surface area contributed by atoms with Crippen LogP contribution in [0.2, 0.25) is 0 Å². The van der Waals surface area contributed by atoms with Crippen LogP contribution in [0.4, 0.5) is 5.69 Å². The van der Waals surface area contributed by atoms with Crippen LogP contribution in [0.5, 0.6) is 0 Å². The highest BCUT2D eigenvalue weighted by atomic mass is 16.2. The van der Waals surface area contributed by atoms with Gasteiger partial charge in [-0.15, -0.1) is 5.10 Å². The van der Waals surface area contributed by atoms with Gasteiger partial charge in [0.2, 0.25) is 5.91 Å². The number of hydrogen-bond acceptors (Lipinski definition) is 5. The largest absolute Gasteiger partial charge is 0.323 e. The van der Waals surface area contributed by atoms with Crippen molar-refractivity contribution in [3.05, 3.63) is 104 Å². The molecule has 0 saturated heterocycles. The Morgan fingerprint density at radius 1 is 0.788 bits per heavy atom. The molecule has 0 radical (unpaired) electrons. The van der Waals surface area contributed by atoms with Crippen molar-refractivity contribution in [1.29, 1.82) is 0 Å². The third-order valence-electron chi connectivity index (χ3n) is 5.15. The fourth-order valence-electron chi connectivity index (χ4n) is 3.59. The van der Waals surface area contributed by atoms with Crippen LogP contribution in [0.3, 0.4) is 0 Å². The molecule has 0 unspecified atom stereocenters. The Kier molecular flexibility index (Phi) is 5.67. The van der Waals surface area contributed by atoms with Gasteiger partial charge in [-0.2, -0.15) is 0 Å². The van der Waals surface area contributed by atoms with E-state index in [4.69, 9.17) is 0 Å². The van der Waals surface area contributed by atoms with Gasteiger partial charge in [-0.05, 0) is 24.3 Å². The van der Waals surface area contributed by atoms with E-state index in [1.807, 2.05) is 84.9 Å². The van der Waals surface area contributed by atoms with Gasteiger partial charge >= 0.3 is 0 Å².